The van der Waals surface area contributed by atoms with Gasteiger partial charge in [-0.05, 0) is 36.9 Å². The molecule has 0 bridgehead atoms. The number of hydrogen-bond acceptors (Lipinski definition) is 3. The standard InChI is InChI=1S/C15H22N2OS/c1-15(2,11-19-10-12-8-16-9-12)14(18)17-13-6-4-3-5-7-13/h3-7,12,16H,8-11H2,1-2H3,(H,17,18). The van der Waals surface area contributed by atoms with Crippen molar-refractivity contribution in [1.29, 1.82) is 0 Å². The lowest BCUT2D eigenvalue weighted by molar-refractivity contribution is -0.122. The van der Waals surface area contributed by atoms with Crippen molar-refractivity contribution in [3.05, 3.63) is 30.3 Å². The summed E-state index contributed by atoms with van der Waals surface area (Å²) in [7, 11) is 0. The second-order valence-corrected chi connectivity index (χ2v) is 6.77. The topological polar surface area (TPSA) is 41.1 Å². The van der Waals surface area contributed by atoms with Crippen molar-refractivity contribution < 1.29 is 4.79 Å². The van der Waals surface area contributed by atoms with Gasteiger partial charge in [0.1, 0.15) is 0 Å². The summed E-state index contributed by atoms with van der Waals surface area (Å²) in [5.41, 5.74) is 0.534. The summed E-state index contributed by atoms with van der Waals surface area (Å²) in [5.74, 6) is 2.90. The summed E-state index contributed by atoms with van der Waals surface area (Å²) in [6, 6.07) is 9.65. The number of para-hydroxylation sites is 1. The van der Waals surface area contributed by atoms with E-state index in [0.29, 0.717) is 0 Å². The second-order valence-electron chi connectivity index (χ2n) is 5.74. The van der Waals surface area contributed by atoms with Crippen LogP contribution in [0.25, 0.3) is 0 Å². The molecule has 0 radical (unpaired) electrons. The minimum absolute atomic E-state index is 0.0953. The maximum atomic E-state index is 12.3. The lowest BCUT2D eigenvalue weighted by Gasteiger charge is -2.29. The maximum absolute atomic E-state index is 12.3. The molecule has 2 N–H and O–H groups in total. The molecule has 104 valence electrons. The fourth-order valence-corrected chi connectivity index (χ4v) is 3.16. The minimum atomic E-state index is -0.336. The molecule has 0 saturated carbocycles. The van der Waals surface area contributed by atoms with Crippen molar-refractivity contribution in [1.82, 2.24) is 5.32 Å². The molecule has 0 aromatic heterocycles. The lowest BCUT2D eigenvalue weighted by Crippen LogP contribution is -2.43. The third-order valence-corrected chi connectivity index (χ3v) is 4.96. The van der Waals surface area contributed by atoms with Crippen LogP contribution in [0.5, 0.6) is 0 Å². The van der Waals surface area contributed by atoms with Gasteiger partial charge in [-0.25, -0.2) is 0 Å². The average Bonchev–Trinajstić information content (AvgIpc) is 2.33. The van der Waals surface area contributed by atoms with Gasteiger partial charge in [0.2, 0.25) is 5.91 Å². The van der Waals surface area contributed by atoms with Crippen molar-refractivity contribution in [3.8, 4) is 0 Å². The first kappa shape index (κ1) is 14.4. The van der Waals surface area contributed by atoms with E-state index in [1.165, 1.54) is 0 Å². The van der Waals surface area contributed by atoms with E-state index in [1.807, 2.05) is 55.9 Å². The number of carbonyl (C=O) groups excluding carboxylic acids is 1. The Balaban J connectivity index is 1.78. The van der Waals surface area contributed by atoms with Crippen molar-refractivity contribution >= 4 is 23.4 Å². The van der Waals surface area contributed by atoms with Crippen LogP contribution in [-0.2, 0) is 4.79 Å². The number of anilines is 1. The van der Waals surface area contributed by atoms with Crippen molar-refractivity contribution in [2.75, 3.05) is 29.9 Å². The van der Waals surface area contributed by atoms with Crippen LogP contribution in [0, 0.1) is 11.3 Å². The fourth-order valence-electron chi connectivity index (χ4n) is 1.83. The number of rotatable bonds is 6. The Morgan fingerprint density at radius 3 is 2.63 bits per heavy atom. The zero-order valence-electron chi connectivity index (χ0n) is 11.6. The number of thioether (sulfide) groups is 1. The number of carbonyl (C=O) groups is 1. The third-order valence-electron chi connectivity index (χ3n) is 3.33. The smallest absolute Gasteiger partial charge is 0.230 e. The molecular formula is C15H22N2OS. The van der Waals surface area contributed by atoms with Gasteiger partial charge in [0.15, 0.2) is 0 Å². The fraction of sp³-hybridized carbons (Fsp3) is 0.533. The number of amides is 1. The van der Waals surface area contributed by atoms with Gasteiger partial charge < -0.3 is 10.6 Å². The number of benzene rings is 1. The van der Waals surface area contributed by atoms with E-state index >= 15 is 0 Å². The van der Waals surface area contributed by atoms with Crippen molar-refractivity contribution in [2.45, 2.75) is 13.8 Å². The highest BCUT2D eigenvalue weighted by molar-refractivity contribution is 7.99. The molecule has 2 rings (SSSR count). The van der Waals surface area contributed by atoms with Crippen molar-refractivity contribution in [3.63, 3.8) is 0 Å². The van der Waals surface area contributed by atoms with Gasteiger partial charge in [0.05, 0.1) is 5.41 Å². The molecule has 1 saturated heterocycles. The molecule has 1 fully saturated rings. The normalized spacial score (nSPS) is 15.9. The highest BCUT2D eigenvalue weighted by atomic mass is 32.2. The van der Waals surface area contributed by atoms with Crippen LogP contribution in [0.1, 0.15) is 13.8 Å². The van der Waals surface area contributed by atoms with Gasteiger partial charge in [-0.2, -0.15) is 11.8 Å². The largest absolute Gasteiger partial charge is 0.326 e. The molecule has 4 heteroatoms. The van der Waals surface area contributed by atoms with E-state index in [4.69, 9.17) is 0 Å². The Bertz CT molecular complexity index is 415. The van der Waals surface area contributed by atoms with Gasteiger partial charge in [-0.3, -0.25) is 4.79 Å². The second kappa shape index (κ2) is 6.44. The minimum Gasteiger partial charge on any atom is -0.326 e. The first-order valence-corrected chi connectivity index (χ1v) is 7.88. The van der Waals surface area contributed by atoms with Gasteiger partial charge >= 0.3 is 0 Å². The van der Waals surface area contributed by atoms with Crippen LogP contribution >= 0.6 is 11.8 Å². The molecule has 0 unspecified atom stereocenters. The molecule has 19 heavy (non-hydrogen) atoms. The van der Waals surface area contributed by atoms with Crippen molar-refractivity contribution in [2.24, 2.45) is 11.3 Å². The molecule has 1 aliphatic rings. The van der Waals surface area contributed by atoms with E-state index in [0.717, 1.165) is 36.2 Å². The quantitative estimate of drug-likeness (QED) is 0.840. The average molecular weight is 278 g/mol. The SMILES string of the molecule is CC(C)(CSCC1CNC1)C(=O)Nc1ccccc1. The molecule has 1 aromatic rings. The Kier molecular flexibility index (Phi) is 4.88. The summed E-state index contributed by atoms with van der Waals surface area (Å²) >= 11 is 1.88. The predicted molar refractivity (Wildman–Crippen MR) is 82.5 cm³/mol. The first-order valence-electron chi connectivity index (χ1n) is 6.73. The van der Waals surface area contributed by atoms with E-state index < -0.39 is 0 Å². The highest BCUT2D eigenvalue weighted by Crippen LogP contribution is 2.25. The summed E-state index contributed by atoms with van der Waals surface area (Å²) in [4.78, 5) is 12.3. The summed E-state index contributed by atoms with van der Waals surface area (Å²) < 4.78 is 0. The molecule has 1 amide bonds. The Hall–Kier alpha value is -1.00. The van der Waals surface area contributed by atoms with E-state index in [9.17, 15) is 4.79 Å². The molecule has 3 nitrogen and oxygen atoms in total. The zero-order valence-corrected chi connectivity index (χ0v) is 12.4. The molecule has 0 aliphatic carbocycles. The molecule has 0 atom stereocenters. The molecule has 1 heterocycles. The number of hydrogen-bond donors (Lipinski definition) is 2. The van der Waals surface area contributed by atoms with E-state index in [2.05, 4.69) is 10.6 Å². The highest BCUT2D eigenvalue weighted by Gasteiger charge is 2.28. The van der Waals surface area contributed by atoms with E-state index in [1.54, 1.807) is 0 Å². The molecule has 1 aliphatic heterocycles. The van der Waals surface area contributed by atoms with Crippen LogP contribution in [0.3, 0.4) is 0 Å². The lowest BCUT2D eigenvalue weighted by atomic mass is 9.95. The van der Waals surface area contributed by atoms with E-state index in [-0.39, 0.29) is 11.3 Å². The zero-order chi connectivity index (χ0) is 13.7. The summed E-state index contributed by atoms with van der Waals surface area (Å²) in [6.45, 7) is 6.28. The Morgan fingerprint density at radius 2 is 2.05 bits per heavy atom. The van der Waals surface area contributed by atoms with Crippen LogP contribution in [-0.4, -0.2) is 30.5 Å². The summed E-state index contributed by atoms with van der Waals surface area (Å²) in [6.07, 6.45) is 0. The third kappa shape index (κ3) is 4.25. The molecule has 0 spiro atoms. The Morgan fingerprint density at radius 1 is 1.37 bits per heavy atom. The Labute approximate surface area is 119 Å². The molecule has 1 aromatic carbocycles. The monoisotopic (exact) mass is 278 g/mol. The van der Waals surface area contributed by atoms with Gasteiger partial charge in [0.25, 0.3) is 0 Å². The predicted octanol–water partition coefficient (Wildman–Crippen LogP) is 2.60. The molecular weight excluding hydrogens is 256 g/mol. The van der Waals surface area contributed by atoms with Gasteiger partial charge in [-0.15, -0.1) is 0 Å². The van der Waals surface area contributed by atoms with Gasteiger partial charge in [0, 0.05) is 11.4 Å². The summed E-state index contributed by atoms with van der Waals surface area (Å²) in [5, 5.41) is 6.26. The van der Waals surface area contributed by atoms with Crippen LogP contribution < -0.4 is 10.6 Å². The first-order chi connectivity index (χ1) is 9.08. The maximum Gasteiger partial charge on any atom is 0.230 e. The number of nitrogens with one attached hydrogen (secondary N) is 2. The van der Waals surface area contributed by atoms with Crippen LogP contribution in [0.2, 0.25) is 0 Å². The van der Waals surface area contributed by atoms with Crippen LogP contribution in [0.4, 0.5) is 5.69 Å². The van der Waals surface area contributed by atoms with Gasteiger partial charge in [-0.1, -0.05) is 32.0 Å². The van der Waals surface area contributed by atoms with Crippen LogP contribution in [0.15, 0.2) is 30.3 Å².